The third-order valence-corrected chi connectivity index (χ3v) is 3.65. The third kappa shape index (κ3) is 6.06. The van der Waals surface area contributed by atoms with E-state index in [-0.39, 0.29) is 11.3 Å². The topological polar surface area (TPSA) is 55.8 Å². The average Bonchev–Trinajstić information content (AvgIpc) is 2.61. The number of alkyl halides is 3. The molecule has 0 amide bonds. The van der Waals surface area contributed by atoms with Gasteiger partial charge in [0.25, 0.3) is 0 Å². The van der Waals surface area contributed by atoms with Crippen molar-refractivity contribution in [3.63, 3.8) is 0 Å². The largest absolute Gasteiger partial charge is 0.487 e. The van der Waals surface area contributed by atoms with Crippen molar-refractivity contribution in [3.8, 4) is 17.2 Å². The summed E-state index contributed by atoms with van der Waals surface area (Å²) in [5, 5.41) is 9.02. The van der Waals surface area contributed by atoms with Crippen molar-refractivity contribution in [1.82, 2.24) is 0 Å². The summed E-state index contributed by atoms with van der Waals surface area (Å²) >= 11 is 0. The minimum Gasteiger partial charge on any atom is -0.487 e. The summed E-state index contributed by atoms with van der Waals surface area (Å²) in [5.41, 5.74) is -0.474. The molecule has 27 heavy (non-hydrogen) atoms. The number of halogens is 3. The molecule has 2 rings (SSSR count). The smallest absolute Gasteiger partial charge is 0.416 e. The fraction of sp³-hybridized carbons (Fsp3) is 0.250. The maximum absolute atomic E-state index is 12.5. The summed E-state index contributed by atoms with van der Waals surface area (Å²) in [6.45, 7) is 3.48. The number of benzene rings is 2. The van der Waals surface area contributed by atoms with E-state index in [2.05, 4.69) is 0 Å². The zero-order valence-electron chi connectivity index (χ0n) is 14.8. The minimum atomic E-state index is -4.39. The predicted molar refractivity (Wildman–Crippen MR) is 94.1 cm³/mol. The minimum absolute atomic E-state index is 0.268. The Morgan fingerprint density at radius 2 is 1.52 bits per heavy atom. The maximum atomic E-state index is 12.5. The molecule has 4 nitrogen and oxygen atoms in total. The lowest BCUT2D eigenvalue weighted by atomic mass is 10.1. The molecule has 0 saturated carbocycles. The number of ether oxygens (including phenoxy) is 2. The van der Waals surface area contributed by atoms with Crippen LogP contribution in [0.1, 0.15) is 25.8 Å². The van der Waals surface area contributed by atoms with Crippen LogP contribution in [-0.2, 0) is 11.0 Å². The van der Waals surface area contributed by atoms with Crippen molar-refractivity contribution >= 4 is 5.97 Å². The molecule has 0 saturated heterocycles. The van der Waals surface area contributed by atoms with E-state index < -0.39 is 23.8 Å². The van der Waals surface area contributed by atoms with Crippen LogP contribution in [0.5, 0.6) is 17.2 Å². The van der Waals surface area contributed by atoms with E-state index in [1.165, 1.54) is 18.2 Å². The van der Waals surface area contributed by atoms with Gasteiger partial charge in [-0.2, -0.15) is 13.2 Å². The SMILES string of the molecule is CCC(=CC(C)Oc1ccc(Oc2ccc(C(F)(F)F)cc2)cc1)C(=O)O. The Kier molecular flexibility index (Phi) is 6.50. The number of hydrogen-bond acceptors (Lipinski definition) is 3. The second kappa shape index (κ2) is 8.62. The van der Waals surface area contributed by atoms with E-state index in [0.717, 1.165) is 12.1 Å². The molecule has 0 bridgehead atoms. The fourth-order valence-electron chi connectivity index (χ4n) is 2.31. The Morgan fingerprint density at radius 3 is 1.96 bits per heavy atom. The molecular weight excluding hydrogens is 361 g/mol. The van der Waals surface area contributed by atoms with Crippen molar-refractivity contribution in [2.24, 2.45) is 0 Å². The molecule has 144 valence electrons. The predicted octanol–water partition coefficient (Wildman–Crippen LogP) is 5.69. The van der Waals surface area contributed by atoms with Gasteiger partial charge in [-0.3, -0.25) is 0 Å². The molecular formula is C20H19F3O4. The highest BCUT2D eigenvalue weighted by Crippen LogP contribution is 2.31. The van der Waals surface area contributed by atoms with Gasteiger partial charge in [-0.15, -0.1) is 0 Å². The van der Waals surface area contributed by atoms with Gasteiger partial charge in [0.1, 0.15) is 23.4 Å². The number of hydrogen-bond donors (Lipinski definition) is 1. The fourth-order valence-corrected chi connectivity index (χ4v) is 2.31. The van der Waals surface area contributed by atoms with Crippen molar-refractivity contribution in [3.05, 3.63) is 65.7 Å². The lowest BCUT2D eigenvalue weighted by Crippen LogP contribution is -2.12. The van der Waals surface area contributed by atoms with Crippen LogP contribution in [0.15, 0.2) is 60.2 Å². The van der Waals surface area contributed by atoms with E-state index in [1.54, 1.807) is 38.1 Å². The van der Waals surface area contributed by atoms with Crippen LogP contribution in [0.2, 0.25) is 0 Å². The number of aliphatic carboxylic acids is 1. The number of carboxylic acids is 1. The summed E-state index contributed by atoms with van der Waals surface area (Å²) in [6, 6.07) is 10.9. The average molecular weight is 380 g/mol. The quantitative estimate of drug-likeness (QED) is 0.628. The molecule has 1 unspecified atom stereocenters. The zero-order chi connectivity index (χ0) is 20.0. The third-order valence-electron chi connectivity index (χ3n) is 3.65. The Morgan fingerprint density at radius 1 is 1.04 bits per heavy atom. The Bertz CT molecular complexity index is 793. The van der Waals surface area contributed by atoms with Crippen molar-refractivity contribution in [1.29, 1.82) is 0 Å². The van der Waals surface area contributed by atoms with Gasteiger partial charge in [-0.05, 0) is 68.0 Å². The van der Waals surface area contributed by atoms with E-state index in [4.69, 9.17) is 14.6 Å². The highest BCUT2D eigenvalue weighted by atomic mass is 19.4. The van der Waals surface area contributed by atoms with E-state index in [1.807, 2.05) is 0 Å². The molecule has 0 aliphatic carbocycles. The molecule has 0 radical (unpaired) electrons. The Hall–Kier alpha value is -2.96. The normalized spacial score (nSPS) is 13.1. The van der Waals surface area contributed by atoms with Gasteiger partial charge in [-0.1, -0.05) is 6.92 Å². The first-order chi connectivity index (χ1) is 12.7. The Balaban J connectivity index is 2.00. The van der Waals surface area contributed by atoms with Crippen LogP contribution in [0.3, 0.4) is 0 Å². The first-order valence-electron chi connectivity index (χ1n) is 8.25. The highest BCUT2D eigenvalue weighted by Gasteiger charge is 2.30. The summed E-state index contributed by atoms with van der Waals surface area (Å²) < 4.78 is 48.8. The zero-order valence-corrected chi connectivity index (χ0v) is 14.8. The van der Waals surface area contributed by atoms with Gasteiger partial charge in [0, 0.05) is 5.57 Å². The number of rotatable bonds is 7. The number of carbonyl (C=O) groups is 1. The summed E-state index contributed by atoms with van der Waals surface area (Å²) in [6.07, 6.45) is -2.89. The standard InChI is InChI=1S/C20H19F3O4/c1-3-14(19(24)25)12-13(2)26-16-8-10-18(11-9-16)27-17-6-4-15(5-7-17)20(21,22)23/h4-13H,3H2,1-2H3,(H,24,25). The molecule has 1 atom stereocenters. The second-order valence-corrected chi connectivity index (χ2v) is 5.77. The van der Waals surface area contributed by atoms with Crippen LogP contribution >= 0.6 is 0 Å². The van der Waals surface area contributed by atoms with E-state index >= 15 is 0 Å². The highest BCUT2D eigenvalue weighted by molar-refractivity contribution is 5.86. The molecule has 0 heterocycles. The van der Waals surface area contributed by atoms with Gasteiger partial charge in [-0.25, -0.2) is 4.79 Å². The van der Waals surface area contributed by atoms with Crippen molar-refractivity contribution < 1.29 is 32.5 Å². The molecule has 0 spiro atoms. The van der Waals surface area contributed by atoms with Crippen LogP contribution in [0, 0.1) is 0 Å². The molecule has 7 heteroatoms. The first-order valence-corrected chi connectivity index (χ1v) is 8.25. The summed E-state index contributed by atoms with van der Waals surface area (Å²) in [4.78, 5) is 11.0. The molecule has 1 N–H and O–H groups in total. The molecule has 0 aliphatic heterocycles. The lowest BCUT2D eigenvalue weighted by molar-refractivity contribution is -0.137. The van der Waals surface area contributed by atoms with Crippen molar-refractivity contribution in [2.45, 2.75) is 32.5 Å². The van der Waals surface area contributed by atoms with E-state index in [9.17, 15) is 18.0 Å². The van der Waals surface area contributed by atoms with Gasteiger partial charge in [0.15, 0.2) is 0 Å². The van der Waals surface area contributed by atoms with E-state index in [0.29, 0.717) is 17.9 Å². The van der Waals surface area contributed by atoms with Crippen LogP contribution < -0.4 is 9.47 Å². The molecule has 2 aromatic carbocycles. The monoisotopic (exact) mass is 380 g/mol. The van der Waals surface area contributed by atoms with Gasteiger partial charge in [0.05, 0.1) is 5.56 Å². The van der Waals surface area contributed by atoms with Crippen LogP contribution in [0.4, 0.5) is 13.2 Å². The second-order valence-electron chi connectivity index (χ2n) is 5.77. The van der Waals surface area contributed by atoms with Crippen LogP contribution in [-0.4, -0.2) is 17.2 Å². The molecule has 0 aliphatic rings. The Labute approximate surface area is 154 Å². The summed E-state index contributed by atoms with van der Waals surface area (Å²) in [5.74, 6) is 0.250. The lowest BCUT2D eigenvalue weighted by Gasteiger charge is -2.13. The maximum Gasteiger partial charge on any atom is 0.416 e. The van der Waals surface area contributed by atoms with Crippen molar-refractivity contribution in [2.75, 3.05) is 0 Å². The van der Waals surface area contributed by atoms with Gasteiger partial charge >= 0.3 is 12.1 Å². The number of carboxylic acid groups (broad SMARTS) is 1. The van der Waals surface area contributed by atoms with Gasteiger partial charge in [0.2, 0.25) is 0 Å². The van der Waals surface area contributed by atoms with Gasteiger partial charge < -0.3 is 14.6 Å². The first kappa shape index (κ1) is 20.4. The van der Waals surface area contributed by atoms with Crippen LogP contribution in [0.25, 0.3) is 0 Å². The summed E-state index contributed by atoms with van der Waals surface area (Å²) in [7, 11) is 0. The molecule has 2 aromatic rings. The molecule has 0 aromatic heterocycles. The molecule has 0 fully saturated rings.